The number of rotatable bonds is 7. The molecule has 0 bridgehead atoms. The molecule has 3 nitrogen and oxygen atoms in total. The molecule has 4 heteroatoms. The molecular weight excluding hydrogens is 236 g/mol. The molecule has 0 amide bonds. The largest absolute Gasteiger partial charge is 0.478 e. The van der Waals surface area contributed by atoms with Gasteiger partial charge in [0.25, 0.3) is 0 Å². The van der Waals surface area contributed by atoms with Crippen molar-refractivity contribution in [3.8, 4) is 5.88 Å². The predicted octanol–water partition coefficient (Wildman–Crippen LogP) is 3.46. The van der Waals surface area contributed by atoms with E-state index in [0.717, 1.165) is 25.0 Å². The average molecular weight is 257 g/mol. The van der Waals surface area contributed by atoms with Crippen molar-refractivity contribution in [3.63, 3.8) is 0 Å². The Morgan fingerprint density at radius 2 is 2.12 bits per heavy atom. The third-order valence-electron chi connectivity index (χ3n) is 2.31. The summed E-state index contributed by atoms with van der Waals surface area (Å²) in [6.45, 7) is 7.10. The van der Waals surface area contributed by atoms with Crippen LogP contribution < -0.4 is 4.74 Å². The summed E-state index contributed by atoms with van der Waals surface area (Å²) in [6, 6.07) is 1.88. The van der Waals surface area contributed by atoms with Crippen molar-refractivity contribution in [1.82, 2.24) is 9.97 Å². The van der Waals surface area contributed by atoms with E-state index >= 15 is 0 Å². The van der Waals surface area contributed by atoms with Crippen molar-refractivity contribution in [3.05, 3.63) is 18.1 Å². The first-order chi connectivity index (χ1) is 8.11. The summed E-state index contributed by atoms with van der Waals surface area (Å²) in [4.78, 5) is 8.29. The highest BCUT2D eigenvalue weighted by Crippen LogP contribution is 2.16. The third kappa shape index (κ3) is 5.87. The Labute approximate surface area is 109 Å². The van der Waals surface area contributed by atoms with Crippen molar-refractivity contribution in [2.75, 3.05) is 6.61 Å². The lowest BCUT2D eigenvalue weighted by atomic mass is 10.0. The highest BCUT2D eigenvalue weighted by molar-refractivity contribution is 6.20. The minimum Gasteiger partial charge on any atom is -0.478 e. The first kappa shape index (κ1) is 14.2. The standard InChI is InChI=1S/C13H21ClN2O/c1-4-5-17-13-8-12(15-9-16-13)7-11(14)6-10(2)3/h8-11H,4-7H2,1-3H3. The number of hydrogen-bond donors (Lipinski definition) is 0. The van der Waals surface area contributed by atoms with Gasteiger partial charge in [-0.1, -0.05) is 20.8 Å². The summed E-state index contributed by atoms with van der Waals surface area (Å²) >= 11 is 6.27. The Bertz CT molecular complexity index is 331. The molecule has 1 heterocycles. The molecule has 96 valence electrons. The van der Waals surface area contributed by atoms with Crippen LogP contribution in [0.3, 0.4) is 0 Å². The van der Waals surface area contributed by atoms with Crippen LogP contribution in [-0.2, 0) is 6.42 Å². The minimum atomic E-state index is 0.129. The monoisotopic (exact) mass is 256 g/mol. The van der Waals surface area contributed by atoms with Gasteiger partial charge in [0, 0.05) is 23.6 Å². The van der Waals surface area contributed by atoms with Gasteiger partial charge in [0.15, 0.2) is 0 Å². The molecule has 1 atom stereocenters. The molecule has 1 aromatic heterocycles. The maximum Gasteiger partial charge on any atom is 0.216 e. The second kappa shape index (κ2) is 7.49. The molecule has 0 aliphatic heterocycles. The number of nitrogens with zero attached hydrogens (tertiary/aromatic N) is 2. The van der Waals surface area contributed by atoms with Crippen molar-refractivity contribution >= 4 is 11.6 Å². The van der Waals surface area contributed by atoms with E-state index < -0.39 is 0 Å². The van der Waals surface area contributed by atoms with Crippen LogP contribution in [0, 0.1) is 5.92 Å². The molecule has 1 unspecified atom stereocenters. The summed E-state index contributed by atoms with van der Waals surface area (Å²) in [5.41, 5.74) is 0.951. The van der Waals surface area contributed by atoms with Crippen LogP contribution in [0.2, 0.25) is 0 Å². The molecule has 0 spiro atoms. The Morgan fingerprint density at radius 1 is 1.35 bits per heavy atom. The Hall–Kier alpha value is -0.830. The molecule has 0 aliphatic carbocycles. The fourth-order valence-electron chi connectivity index (χ4n) is 1.60. The second-order valence-corrected chi connectivity index (χ2v) is 5.24. The zero-order valence-electron chi connectivity index (χ0n) is 10.8. The van der Waals surface area contributed by atoms with Gasteiger partial charge in [0.1, 0.15) is 6.33 Å². The minimum absolute atomic E-state index is 0.129. The van der Waals surface area contributed by atoms with E-state index in [0.29, 0.717) is 18.4 Å². The fourth-order valence-corrected chi connectivity index (χ4v) is 2.11. The Balaban J connectivity index is 2.52. The van der Waals surface area contributed by atoms with Gasteiger partial charge in [-0.3, -0.25) is 0 Å². The van der Waals surface area contributed by atoms with E-state index in [4.69, 9.17) is 16.3 Å². The predicted molar refractivity (Wildman–Crippen MR) is 70.6 cm³/mol. The van der Waals surface area contributed by atoms with Gasteiger partial charge >= 0.3 is 0 Å². The zero-order valence-corrected chi connectivity index (χ0v) is 11.6. The van der Waals surface area contributed by atoms with Crippen LogP contribution in [0.15, 0.2) is 12.4 Å². The maximum absolute atomic E-state index is 6.27. The quantitative estimate of drug-likeness (QED) is 0.701. The maximum atomic E-state index is 6.27. The van der Waals surface area contributed by atoms with Crippen molar-refractivity contribution < 1.29 is 4.74 Å². The van der Waals surface area contributed by atoms with E-state index in [1.165, 1.54) is 0 Å². The fraction of sp³-hybridized carbons (Fsp3) is 0.692. The molecular formula is C13H21ClN2O. The average Bonchev–Trinajstić information content (AvgIpc) is 2.25. The van der Waals surface area contributed by atoms with Crippen LogP contribution in [-0.4, -0.2) is 22.0 Å². The van der Waals surface area contributed by atoms with Crippen LogP contribution in [0.25, 0.3) is 0 Å². The molecule has 0 aromatic carbocycles. The molecule has 0 aliphatic rings. The third-order valence-corrected chi connectivity index (χ3v) is 2.64. The number of alkyl halides is 1. The molecule has 17 heavy (non-hydrogen) atoms. The van der Waals surface area contributed by atoms with Crippen LogP contribution in [0.5, 0.6) is 5.88 Å². The molecule has 1 aromatic rings. The number of halogens is 1. The van der Waals surface area contributed by atoms with E-state index in [1.807, 2.05) is 6.07 Å². The summed E-state index contributed by atoms with van der Waals surface area (Å²) in [5.74, 6) is 1.25. The van der Waals surface area contributed by atoms with Gasteiger partial charge in [-0.05, 0) is 18.8 Å². The van der Waals surface area contributed by atoms with E-state index in [1.54, 1.807) is 6.33 Å². The Kier molecular flexibility index (Phi) is 6.27. The normalized spacial score (nSPS) is 12.8. The van der Waals surface area contributed by atoms with Crippen molar-refractivity contribution in [1.29, 1.82) is 0 Å². The second-order valence-electron chi connectivity index (χ2n) is 4.63. The van der Waals surface area contributed by atoms with Gasteiger partial charge < -0.3 is 4.74 Å². The van der Waals surface area contributed by atoms with Crippen LogP contribution >= 0.6 is 11.6 Å². The summed E-state index contributed by atoms with van der Waals surface area (Å²) < 4.78 is 5.46. The molecule has 0 radical (unpaired) electrons. The number of ether oxygens (including phenoxy) is 1. The first-order valence-electron chi connectivity index (χ1n) is 6.19. The van der Waals surface area contributed by atoms with Gasteiger partial charge in [0.05, 0.1) is 6.61 Å². The molecule has 0 fully saturated rings. The SMILES string of the molecule is CCCOc1cc(CC(Cl)CC(C)C)ncn1. The molecule has 1 rings (SSSR count). The zero-order chi connectivity index (χ0) is 12.7. The van der Waals surface area contributed by atoms with Crippen LogP contribution in [0.4, 0.5) is 0 Å². The van der Waals surface area contributed by atoms with E-state index in [-0.39, 0.29) is 5.38 Å². The first-order valence-corrected chi connectivity index (χ1v) is 6.63. The highest BCUT2D eigenvalue weighted by atomic mass is 35.5. The topological polar surface area (TPSA) is 35.0 Å². The number of hydrogen-bond acceptors (Lipinski definition) is 3. The van der Waals surface area contributed by atoms with E-state index in [2.05, 4.69) is 30.7 Å². The number of aromatic nitrogens is 2. The van der Waals surface area contributed by atoms with Crippen molar-refractivity contribution in [2.24, 2.45) is 5.92 Å². The lowest BCUT2D eigenvalue weighted by Crippen LogP contribution is -2.09. The van der Waals surface area contributed by atoms with Crippen molar-refractivity contribution in [2.45, 2.75) is 45.4 Å². The summed E-state index contributed by atoms with van der Waals surface area (Å²) in [5, 5.41) is 0.129. The summed E-state index contributed by atoms with van der Waals surface area (Å²) in [6.07, 6.45) is 4.28. The van der Waals surface area contributed by atoms with E-state index in [9.17, 15) is 0 Å². The lowest BCUT2D eigenvalue weighted by Gasteiger charge is -2.11. The lowest BCUT2D eigenvalue weighted by molar-refractivity contribution is 0.304. The molecule has 0 N–H and O–H groups in total. The molecule has 0 saturated heterocycles. The van der Waals surface area contributed by atoms with Gasteiger partial charge in [-0.2, -0.15) is 0 Å². The summed E-state index contributed by atoms with van der Waals surface area (Å²) in [7, 11) is 0. The van der Waals surface area contributed by atoms with Gasteiger partial charge in [-0.25, -0.2) is 9.97 Å². The van der Waals surface area contributed by atoms with Crippen LogP contribution in [0.1, 0.15) is 39.3 Å². The Morgan fingerprint density at radius 3 is 2.76 bits per heavy atom. The highest BCUT2D eigenvalue weighted by Gasteiger charge is 2.10. The van der Waals surface area contributed by atoms with Gasteiger partial charge in [-0.15, -0.1) is 11.6 Å². The molecule has 0 saturated carbocycles. The van der Waals surface area contributed by atoms with Gasteiger partial charge in [0.2, 0.25) is 5.88 Å². The smallest absolute Gasteiger partial charge is 0.216 e.